The average molecular weight is 234 g/mol. The predicted octanol–water partition coefficient (Wildman–Crippen LogP) is 1.74. The second-order valence-corrected chi connectivity index (χ2v) is 4.32. The molecular formula is C13H18N2O2. The van der Waals surface area contributed by atoms with Crippen molar-refractivity contribution in [3.8, 4) is 0 Å². The van der Waals surface area contributed by atoms with E-state index in [4.69, 9.17) is 9.94 Å². The zero-order valence-electron chi connectivity index (χ0n) is 10.0. The van der Waals surface area contributed by atoms with E-state index in [0.29, 0.717) is 12.3 Å². The summed E-state index contributed by atoms with van der Waals surface area (Å²) in [4.78, 5) is 2.32. The monoisotopic (exact) mass is 234 g/mol. The van der Waals surface area contributed by atoms with Crippen molar-refractivity contribution in [3.63, 3.8) is 0 Å². The van der Waals surface area contributed by atoms with Gasteiger partial charge in [0.1, 0.15) is 6.10 Å². The quantitative estimate of drug-likeness (QED) is 0.492. The van der Waals surface area contributed by atoms with Crippen molar-refractivity contribution in [3.05, 3.63) is 35.9 Å². The average Bonchev–Trinajstić information content (AvgIpc) is 2.39. The molecule has 0 unspecified atom stereocenters. The van der Waals surface area contributed by atoms with Crippen LogP contribution in [0.4, 0.5) is 0 Å². The lowest BCUT2D eigenvalue weighted by Crippen LogP contribution is -2.44. The summed E-state index contributed by atoms with van der Waals surface area (Å²) >= 11 is 0. The fourth-order valence-electron chi connectivity index (χ4n) is 2.00. The third kappa shape index (κ3) is 3.28. The molecule has 0 bridgehead atoms. The molecule has 0 saturated carbocycles. The molecule has 1 saturated heterocycles. The highest BCUT2D eigenvalue weighted by Gasteiger charge is 2.22. The second-order valence-electron chi connectivity index (χ2n) is 4.32. The molecule has 92 valence electrons. The Morgan fingerprint density at radius 1 is 1.47 bits per heavy atom. The number of hydrogen-bond acceptors (Lipinski definition) is 4. The molecule has 1 aromatic carbocycles. The molecule has 2 rings (SSSR count). The Bertz CT molecular complexity index is 378. The van der Waals surface area contributed by atoms with Gasteiger partial charge in [-0.1, -0.05) is 35.5 Å². The van der Waals surface area contributed by atoms with Crippen molar-refractivity contribution in [2.24, 2.45) is 5.16 Å². The maximum Gasteiger partial charge on any atom is 0.111 e. The smallest absolute Gasteiger partial charge is 0.111 e. The number of ether oxygens (including phenoxy) is 1. The highest BCUT2D eigenvalue weighted by molar-refractivity contribution is 5.86. The van der Waals surface area contributed by atoms with Crippen molar-refractivity contribution in [2.75, 3.05) is 19.7 Å². The van der Waals surface area contributed by atoms with Gasteiger partial charge in [0.2, 0.25) is 0 Å². The molecule has 1 fully saturated rings. The zero-order valence-corrected chi connectivity index (χ0v) is 10.0. The van der Waals surface area contributed by atoms with E-state index in [1.165, 1.54) is 5.56 Å². The molecule has 1 atom stereocenters. The van der Waals surface area contributed by atoms with E-state index in [0.717, 1.165) is 19.6 Å². The molecule has 0 radical (unpaired) electrons. The van der Waals surface area contributed by atoms with Crippen LogP contribution in [0.3, 0.4) is 0 Å². The summed E-state index contributed by atoms with van der Waals surface area (Å²) in [5.74, 6) is 0. The van der Waals surface area contributed by atoms with Crippen LogP contribution in [-0.4, -0.2) is 41.6 Å². The number of rotatable bonds is 3. The second kappa shape index (κ2) is 5.80. The van der Waals surface area contributed by atoms with Crippen molar-refractivity contribution in [1.82, 2.24) is 4.90 Å². The van der Waals surface area contributed by atoms with E-state index in [2.05, 4.69) is 22.2 Å². The highest BCUT2D eigenvalue weighted by Crippen LogP contribution is 2.11. The largest absolute Gasteiger partial charge is 0.411 e. The van der Waals surface area contributed by atoms with Gasteiger partial charge in [0.05, 0.1) is 12.3 Å². The van der Waals surface area contributed by atoms with Crippen LogP contribution in [0.25, 0.3) is 0 Å². The van der Waals surface area contributed by atoms with Gasteiger partial charge in [0, 0.05) is 19.6 Å². The van der Waals surface area contributed by atoms with E-state index in [9.17, 15) is 0 Å². The standard InChI is InChI=1S/C13H18N2O2/c1-11(14-16)13-10-15(7-8-17-13)9-12-5-3-2-4-6-12/h2-6,13,16H,7-10H2,1H3/b14-11-/t13-/m1/s1. The summed E-state index contributed by atoms with van der Waals surface area (Å²) in [6, 6.07) is 10.4. The molecule has 4 heteroatoms. The third-order valence-electron chi connectivity index (χ3n) is 3.02. The van der Waals surface area contributed by atoms with Crippen LogP contribution in [-0.2, 0) is 11.3 Å². The minimum absolute atomic E-state index is 0.0857. The fraction of sp³-hybridized carbons (Fsp3) is 0.462. The van der Waals surface area contributed by atoms with E-state index < -0.39 is 0 Å². The first-order chi connectivity index (χ1) is 8.29. The summed E-state index contributed by atoms with van der Waals surface area (Å²) in [6.07, 6.45) is -0.0857. The van der Waals surface area contributed by atoms with Crippen LogP contribution in [0.2, 0.25) is 0 Å². The Hall–Kier alpha value is -1.39. The molecule has 4 nitrogen and oxygen atoms in total. The SMILES string of the molecule is C/C(=N/O)[C@H]1CN(Cc2ccccc2)CCO1. The summed E-state index contributed by atoms with van der Waals surface area (Å²) in [7, 11) is 0. The first-order valence-corrected chi connectivity index (χ1v) is 5.86. The van der Waals surface area contributed by atoms with E-state index in [1.807, 2.05) is 18.2 Å². The van der Waals surface area contributed by atoms with Crippen LogP contribution in [0, 0.1) is 0 Å². The van der Waals surface area contributed by atoms with E-state index in [-0.39, 0.29) is 6.10 Å². The summed E-state index contributed by atoms with van der Waals surface area (Å²) < 4.78 is 5.57. The Kier molecular flexibility index (Phi) is 4.12. The lowest BCUT2D eigenvalue weighted by molar-refractivity contribution is 0.00175. The topological polar surface area (TPSA) is 45.1 Å². The minimum atomic E-state index is -0.0857. The molecule has 1 heterocycles. The van der Waals surface area contributed by atoms with Gasteiger partial charge in [-0.05, 0) is 12.5 Å². The van der Waals surface area contributed by atoms with Crippen LogP contribution >= 0.6 is 0 Å². The Morgan fingerprint density at radius 3 is 2.94 bits per heavy atom. The van der Waals surface area contributed by atoms with Gasteiger partial charge in [-0.15, -0.1) is 0 Å². The Morgan fingerprint density at radius 2 is 2.24 bits per heavy atom. The maximum absolute atomic E-state index is 8.75. The molecule has 0 aliphatic carbocycles. The van der Waals surface area contributed by atoms with Gasteiger partial charge in [-0.3, -0.25) is 4.90 Å². The van der Waals surface area contributed by atoms with Crippen LogP contribution < -0.4 is 0 Å². The molecule has 1 aromatic rings. The molecule has 0 aromatic heterocycles. The van der Waals surface area contributed by atoms with Crippen molar-refractivity contribution >= 4 is 5.71 Å². The van der Waals surface area contributed by atoms with Gasteiger partial charge < -0.3 is 9.94 Å². The van der Waals surface area contributed by atoms with Gasteiger partial charge in [0.25, 0.3) is 0 Å². The number of nitrogens with zero attached hydrogens (tertiary/aromatic N) is 2. The highest BCUT2D eigenvalue weighted by atomic mass is 16.5. The molecule has 1 N–H and O–H groups in total. The summed E-state index contributed by atoms with van der Waals surface area (Å²) in [6.45, 7) is 5.09. The Labute approximate surface area is 101 Å². The number of hydrogen-bond donors (Lipinski definition) is 1. The molecule has 1 aliphatic rings. The van der Waals surface area contributed by atoms with E-state index in [1.54, 1.807) is 6.92 Å². The molecule has 1 aliphatic heterocycles. The maximum atomic E-state index is 8.75. The third-order valence-corrected chi connectivity index (χ3v) is 3.02. The molecule has 17 heavy (non-hydrogen) atoms. The van der Waals surface area contributed by atoms with Gasteiger partial charge in [-0.2, -0.15) is 0 Å². The number of benzene rings is 1. The van der Waals surface area contributed by atoms with Crippen LogP contribution in [0.15, 0.2) is 35.5 Å². The predicted molar refractivity (Wildman–Crippen MR) is 66.4 cm³/mol. The van der Waals surface area contributed by atoms with Crippen molar-refractivity contribution in [1.29, 1.82) is 0 Å². The fourth-order valence-corrected chi connectivity index (χ4v) is 2.00. The first-order valence-electron chi connectivity index (χ1n) is 5.86. The van der Waals surface area contributed by atoms with Crippen molar-refractivity contribution in [2.45, 2.75) is 19.6 Å². The summed E-state index contributed by atoms with van der Waals surface area (Å²) in [5.41, 5.74) is 1.94. The number of oxime groups is 1. The van der Waals surface area contributed by atoms with Gasteiger partial charge in [0.15, 0.2) is 0 Å². The molecular weight excluding hydrogens is 216 g/mol. The van der Waals surface area contributed by atoms with Gasteiger partial charge in [-0.25, -0.2) is 0 Å². The van der Waals surface area contributed by atoms with Crippen LogP contribution in [0.5, 0.6) is 0 Å². The lowest BCUT2D eigenvalue weighted by atomic mass is 10.1. The number of morpholine rings is 1. The lowest BCUT2D eigenvalue weighted by Gasteiger charge is -2.32. The zero-order chi connectivity index (χ0) is 12.1. The van der Waals surface area contributed by atoms with Gasteiger partial charge >= 0.3 is 0 Å². The van der Waals surface area contributed by atoms with Crippen LogP contribution in [0.1, 0.15) is 12.5 Å². The summed E-state index contributed by atoms with van der Waals surface area (Å²) in [5, 5.41) is 12.0. The minimum Gasteiger partial charge on any atom is -0.411 e. The first kappa shape index (κ1) is 12.1. The van der Waals surface area contributed by atoms with E-state index >= 15 is 0 Å². The molecule has 0 spiro atoms. The van der Waals surface area contributed by atoms with Crippen molar-refractivity contribution < 1.29 is 9.94 Å². The Balaban J connectivity index is 1.94. The normalized spacial score (nSPS) is 22.6. The molecule has 0 amide bonds.